The molecule has 0 spiro atoms. The van der Waals surface area contributed by atoms with Gasteiger partial charge in [0, 0.05) is 17.1 Å². The molecule has 8 heteroatoms. The third-order valence-electron chi connectivity index (χ3n) is 2.10. The van der Waals surface area contributed by atoms with Crippen molar-refractivity contribution in [2.24, 2.45) is 5.73 Å². The van der Waals surface area contributed by atoms with Gasteiger partial charge in [-0.25, -0.2) is 17.5 Å². The lowest BCUT2D eigenvalue weighted by molar-refractivity contribution is 0.459. The molecule has 1 aromatic carbocycles. The van der Waals surface area contributed by atoms with Crippen LogP contribution in [0.2, 0.25) is 5.02 Å². The Balaban J connectivity index is 0.00000289. The van der Waals surface area contributed by atoms with E-state index in [0.717, 1.165) is 12.1 Å². The fraction of sp³-hybridized carbons (Fsp3) is 0.400. The predicted molar refractivity (Wildman–Crippen MR) is 72.1 cm³/mol. The first-order valence-electron chi connectivity index (χ1n) is 4.87. The van der Waals surface area contributed by atoms with E-state index in [-0.39, 0.29) is 24.0 Å². The zero-order valence-corrected chi connectivity index (χ0v) is 12.3. The predicted octanol–water partition coefficient (Wildman–Crippen LogP) is 1.92. The first-order valence-corrected chi connectivity index (χ1v) is 6.73. The fourth-order valence-corrected chi connectivity index (χ4v) is 2.91. The third-order valence-corrected chi connectivity index (χ3v) is 4.05. The SMILES string of the molecule is CC(C)(CN)NS(=O)(=O)c1cc(Cl)ccc1F.Cl. The standard InChI is InChI=1S/C10H14ClFN2O2S.ClH/c1-10(2,6-13)14-17(15,16)9-5-7(11)3-4-8(9)12;/h3-5,14H,6,13H2,1-2H3;1H. The summed E-state index contributed by atoms with van der Waals surface area (Å²) < 4.78 is 39.6. The van der Waals surface area contributed by atoms with Crippen LogP contribution in [0, 0.1) is 5.82 Å². The van der Waals surface area contributed by atoms with Crippen molar-refractivity contribution in [1.29, 1.82) is 0 Å². The molecule has 1 rings (SSSR count). The van der Waals surface area contributed by atoms with Gasteiger partial charge in [-0.3, -0.25) is 0 Å². The minimum atomic E-state index is -3.97. The van der Waals surface area contributed by atoms with Crippen LogP contribution in [0.3, 0.4) is 0 Å². The highest BCUT2D eigenvalue weighted by Gasteiger charge is 2.27. The van der Waals surface area contributed by atoms with Gasteiger partial charge >= 0.3 is 0 Å². The summed E-state index contributed by atoms with van der Waals surface area (Å²) in [5.41, 5.74) is 4.56. The molecule has 0 heterocycles. The van der Waals surface area contributed by atoms with E-state index in [4.69, 9.17) is 17.3 Å². The van der Waals surface area contributed by atoms with Crippen molar-refractivity contribution in [3.63, 3.8) is 0 Å². The second-order valence-corrected chi connectivity index (χ2v) is 6.36. The molecule has 0 saturated heterocycles. The maximum absolute atomic E-state index is 13.4. The van der Waals surface area contributed by atoms with Crippen molar-refractivity contribution in [2.75, 3.05) is 6.54 Å². The second kappa shape index (κ2) is 6.16. The van der Waals surface area contributed by atoms with Crippen LogP contribution in [0.5, 0.6) is 0 Å². The van der Waals surface area contributed by atoms with Gasteiger partial charge in [-0.2, -0.15) is 0 Å². The molecule has 0 fully saturated rings. The van der Waals surface area contributed by atoms with Crippen LogP contribution in [-0.4, -0.2) is 20.5 Å². The molecule has 0 radical (unpaired) electrons. The molecular weight excluding hydrogens is 302 g/mol. The lowest BCUT2D eigenvalue weighted by Crippen LogP contribution is -2.48. The van der Waals surface area contributed by atoms with Gasteiger partial charge in [0.2, 0.25) is 10.0 Å². The highest BCUT2D eigenvalue weighted by Crippen LogP contribution is 2.20. The summed E-state index contributed by atoms with van der Waals surface area (Å²) >= 11 is 5.64. The summed E-state index contributed by atoms with van der Waals surface area (Å²) in [4.78, 5) is -0.480. The average molecular weight is 317 g/mol. The van der Waals surface area contributed by atoms with E-state index in [1.807, 2.05) is 0 Å². The monoisotopic (exact) mass is 316 g/mol. The first-order chi connectivity index (χ1) is 7.68. The maximum Gasteiger partial charge on any atom is 0.244 e. The van der Waals surface area contributed by atoms with Crippen LogP contribution in [-0.2, 0) is 10.0 Å². The zero-order chi connectivity index (χ0) is 13.3. The third kappa shape index (κ3) is 4.37. The van der Waals surface area contributed by atoms with Crippen molar-refractivity contribution in [1.82, 2.24) is 4.72 Å². The molecular formula is C10H15Cl2FN2O2S. The van der Waals surface area contributed by atoms with Gasteiger partial charge < -0.3 is 5.73 Å². The first kappa shape index (κ1) is 17.6. The molecule has 0 aromatic heterocycles. The van der Waals surface area contributed by atoms with E-state index in [9.17, 15) is 12.8 Å². The van der Waals surface area contributed by atoms with E-state index < -0.39 is 26.3 Å². The number of nitrogens with one attached hydrogen (secondary N) is 1. The Hall–Kier alpha value is -0.400. The van der Waals surface area contributed by atoms with E-state index >= 15 is 0 Å². The van der Waals surface area contributed by atoms with Crippen LogP contribution in [0.25, 0.3) is 0 Å². The normalized spacial score (nSPS) is 12.1. The molecule has 18 heavy (non-hydrogen) atoms. The van der Waals surface area contributed by atoms with E-state index in [2.05, 4.69) is 4.72 Å². The Kier molecular flexibility index (Phi) is 6.03. The van der Waals surface area contributed by atoms with Gasteiger partial charge in [0.1, 0.15) is 10.7 Å². The fourth-order valence-electron chi connectivity index (χ4n) is 1.14. The van der Waals surface area contributed by atoms with Gasteiger partial charge in [-0.05, 0) is 32.0 Å². The van der Waals surface area contributed by atoms with Gasteiger partial charge in [0.25, 0.3) is 0 Å². The lowest BCUT2D eigenvalue weighted by atomic mass is 10.1. The molecule has 0 aliphatic heterocycles. The lowest BCUT2D eigenvalue weighted by Gasteiger charge is -2.24. The quantitative estimate of drug-likeness (QED) is 0.891. The van der Waals surface area contributed by atoms with Crippen molar-refractivity contribution in [2.45, 2.75) is 24.3 Å². The summed E-state index contributed by atoms with van der Waals surface area (Å²) in [5.74, 6) is -0.852. The van der Waals surface area contributed by atoms with Gasteiger partial charge in [-0.1, -0.05) is 11.6 Å². The second-order valence-electron chi connectivity index (χ2n) is 4.27. The molecule has 0 bridgehead atoms. The van der Waals surface area contributed by atoms with Gasteiger partial charge in [0.05, 0.1) is 0 Å². The van der Waals surface area contributed by atoms with Gasteiger partial charge in [0.15, 0.2) is 0 Å². The molecule has 3 N–H and O–H groups in total. The topological polar surface area (TPSA) is 72.2 Å². The number of benzene rings is 1. The van der Waals surface area contributed by atoms with E-state index in [1.54, 1.807) is 13.8 Å². The molecule has 0 aliphatic carbocycles. The smallest absolute Gasteiger partial charge is 0.244 e. The molecule has 0 saturated carbocycles. The Morgan fingerprint density at radius 1 is 1.44 bits per heavy atom. The molecule has 0 amide bonds. The Bertz CT molecular complexity index is 521. The summed E-state index contributed by atoms with van der Waals surface area (Å²) in [7, 11) is -3.97. The van der Waals surface area contributed by atoms with Crippen LogP contribution >= 0.6 is 24.0 Å². The number of hydrogen-bond acceptors (Lipinski definition) is 3. The van der Waals surface area contributed by atoms with Crippen molar-refractivity contribution in [3.8, 4) is 0 Å². The van der Waals surface area contributed by atoms with Crippen LogP contribution < -0.4 is 10.5 Å². The average Bonchev–Trinajstić information content (AvgIpc) is 2.20. The largest absolute Gasteiger partial charge is 0.329 e. The van der Waals surface area contributed by atoms with Crippen molar-refractivity contribution >= 4 is 34.0 Å². The summed E-state index contributed by atoms with van der Waals surface area (Å²) in [5, 5.41) is 0.150. The summed E-state index contributed by atoms with van der Waals surface area (Å²) in [6.45, 7) is 3.30. The number of nitrogens with two attached hydrogens (primary N) is 1. The van der Waals surface area contributed by atoms with Crippen LogP contribution in [0.4, 0.5) is 4.39 Å². The van der Waals surface area contributed by atoms with Crippen LogP contribution in [0.15, 0.2) is 23.1 Å². The Morgan fingerprint density at radius 3 is 2.50 bits per heavy atom. The molecule has 4 nitrogen and oxygen atoms in total. The van der Waals surface area contributed by atoms with Crippen molar-refractivity contribution in [3.05, 3.63) is 29.0 Å². The molecule has 1 aromatic rings. The van der Waals surface area contributed by atoms with Crippen LogP contribution in [0.1, 0.15) is 13.8 Å². The number of halogens is 3. The number of sulfonamides is 1. The maximum atomic E-state index is 13.4. The Labute approximate surface area is 117 Å². The minimum absolute atomic E-state index is 0. The zero-order valence-electron chi connectivity index (χ0n) is 9.91. The highest BCUT2D eigenvalue weighted by molar-refractivity contribution is 7.89. The molecule has 0 unspecified atom stereocenters. The minimum Gasteiger partial charge on any atom is -0.329 e. The molecule has 0 aliphatic rings. The number of hydrogen-bond donors (Lipinski definition) is 2. The number of rotatable bonds is 4. The molecule has 0 atom stereocenters. The highest BCUT2D eigenvalue weighted by atomic mass is 35.5. The van der Waals surface area contributed by atoms with E-state index in [0.29, 0.717) is 0 Å². The van der Waals surface area contributed by atoms with E-state index in [1.165, 1.54) is 6.07 Å². The Morgan fingerprint density at radius 2 is 2.00 bits per heavy atom. The van der Waals surface area contributed by atoms with Crippen molar-refractivity contribution < 1.29 is 12.8 Å². The summed E-state index contributed by atoms with van der Waals surface area (Å²) in [6.07, 6.45) is 0. The van der Waals surface area contributed by atoms with Gasteiger partial charge in [-0.15, -0.1) is 12.4 Å². The summed E-state index contributed by atoms with van der Waals surface area (Å²) in [6, 6.07) is 3.35. The molecule has 104 valence electrons.